The highest BCUT2D eigenvalue weighted by Gasteiger charge is 2.03. The lowest BCUT2D eigenvalue weighted by molar-refractivity contribution is -0.614. The fourth-order valence-corrected chi connectivity index (χ4v) is 1.09. The molecular formula is C10H15NO. The quantitative estimate of drug-likeness (QED) is 0.496. The normalized spacial score (nSPS) is 10.6. The molecule has 12 heavy (non-hydrogen) atoms. The summed E-state index contributed by atoms with van der Waals surface area (Å²) >= 11 is 0. The summed E-state index contributed by atoms with van der Waals surface area (Å²) in [7, 11) is 0. The average Bonchev–Trinajstić information content (AvgIpc) is 2.03. The third-order valence-corrected chi connectivity index (χ3v) is 1.88. The summed E-state index contributed by atoms with van der Waals surface area (Å²) in [6, 6.07) is 5.55. The summed E-state index contributed by atoms with van der Waals surface area (Å²) < 4.78 is 0.947. The summed E-state index contributed by atoms with van der Waals surface area (Å²) in [5.74, 6) is 0.658. The van der Waals surface area contributed by atoms with E-state index in [2.05, 4.69) is 13.8 Å². The van der Waals surface area contributed by atoms with Gasteiger partial charge in [0.2, 0.25) is 0 Å². The first-order valence-electron chi connectivity index (χ1n) is 4.37. The molecule has 0 amide bonds. The van der Waals surface area contributed by atoms with Gasteiger partial charge in [-0.15, -0.1) is 0 Å². The van der Waals surface area contributed by atoms with Crippen LogP contribution in [0.1, 0.15) is 26.0 Å². The highest BCUT2D eigenvalue weighted by molar-refractivity contribution is 4.97. The summed E-state index contributed by atoms with van der Waals surface area (Å²) in [6.45, 7) is 4.33. The molecule has 0 radical (unpaired) electrons. The summed E-state index contributed by atoms with van der Waals surface area (Å²) in [5.41, 5.74) is 0.867. The number of pyridine rings is 1. The highest BCUT2D eigenvalue weighted by Crippen LogP contribution is 2.04. The lowest BCUT2D eigenvalue weighted by Crippen LogP contribution is -2.30. The zero-order chi connectivity index (χ0) is 8.97. The van der Waals surface area contributed by atoms with E-state index in [4.69, 9.17) is 0 Å². The Morgan fingerprint density at radius 1 is 1.42 bits per heavy atom. The topological polar surface area (TPSA) is 26.9 Å². The molecule has 66 valence electrons. The van der Waals surface area contributed by atoms with Crippen LogP contribution in [0.15, 0.2) is 24.4 Å². The van der Waals surface area contributed by atoms with Crippen LogP contribution in [0.4, 0.5) is 0 Å². The maximum atomic E-state index is 11.1. The summed E-state index contributed by atoms with van der Waals surface area (Å²) in [5, 5.41) is 11.1. The van der Waals surface area contributed by atoms with Gasteiger partial charge in [-0.2, -0.15) is 4.73 Å². The maximum absolute atomic E-state index is 11.1. The molecule has 0 N–H and O–H groups in total. The molecule has 0 aromatic carbocycles. The Morgan fingerprint density at radius 2 is 2.17 bits per heavy atom. The van der Waals surface area contributed by atoms with E-state index in [1.165, 1.54) is 0 Å². The number of aryl methyl sites for hydroxylation is 1. The zero-order valence-electron chi connectivity index (χ0n) is 7.66. The van der Waals surface area contributed by atoms with Gasteiger partial charge in [0.15, 0.2) is 11.9 Å². The van der Waals surface area contributed by atoms with Crippen molar-refractivity contribution in [3.8, 4) is 0 Å². The van der Waals surface area contributed by atoms with Crippen LogP contribution < -0.4 is 4.73 Å². The van der Waals surface area contributed by atoms with Crippen LogP contribution in [0.25, 0.3) is 0 Å². The van der Waals surface area contributed by atoms with E-state index in [0.29, 0.717) is 5.92 Å². The Labute approximate surface area is 73.4 Å². The Kier molecular flexibility index (Phi) is 3.09. The van der Waals surface area contributed by atoms with Gasteiger partial charge in [-0.3, -0.25) is 0 Å². The summed E-state index contributed by atoms with van der Waals surface area (Å²) in [4.78, 5) is 0. The van der Waals surface area contributed by atoms with Crippen LogP contribution in [0.5, 0.6) is 0 Å². The van der Waals surface area contributed by atoms with Crippen LogP contribution in [0.2, 0.25) is 0 Å². The van der Waals surface area contributed by atoms with E-state index in [1.807, 2.05) is 12.1 Å². The maximum Gasteiger partial charge on any atom is 0.192 e. The zero-order valence-corrected chi connectivity index (χ0v) is 7.66. The first kappa shape index (κ1) is 9.04. The molecule has 1 heterocycles. The van der Waals surface area contributed by atoms with Crippen molar-refractivity contribution in [1.82, 2.24) is 0 Å². The van der Waals surface area contributed by atoms with Gasteiger partial charge in [-0.25, -0.2) is 0 Å². The molecule has 1 aromatic rings. The van der Waals surface area contributed by atoms with Crippen molar-refractivity contribution in [3.63, 3.8) is 0 Å². The van der Waals surface area contributed by atoms with Gasteiger partial charge in [-0.1, -0.05) is 19.9 Å². The second-order valence-electron chi connectivity index (χ2n) is 3.45. The van der Waals surface area contributed by atoms with Crippen molar-refractivity contribution in [1.29, 1.82) is 0 Å². The molecule has 2 nitrogen and oxygen atoms in total. The van der Waals surface area contributed by atoms with Crippen molar-refractivity contribution in [2.45, 2.75) is 26.7 Å². The van der Waals surface area contributed by atoms with Gasteiger partial charge in [0.1, 0.15) is 0 Å². The van der Waals surface area contributed by atoms with E-state index in [9.17, 15) is 5.21 Å². The second kappa shape index (κ2) is 4.10. The van der Waals surface area contributed by atoms with Crippen LogP contribution in [-0.2, 0) is 6.42 Å². The van der Waals surface area contributed by atoms with Gasteiger partial charge in [0, 0.05) is 18.6 Å². The van der Waals surface area contributed by atoms with Crippen molar-refractivity contribution in [2.75, 3.05) is 0 Å². The van der Waals surface area contributed by atoms with Gasteiger partial charge >= 0.3 is 0 Å². The predicted molar refractivity (Wildman–Crippen MR) is 48.6 cm³/mol. The third kappa shape index (κ3) is 2.53. The lowest BCUT2D eigenvalue weighted by Gasteiger charge is -2.04. The van der Waals surface area contributed by atoms with Crippen molar-refractivity contribution >= 4 is 0 Å². The van der Waals surface area contributed by atoms with E-state index in [1.54, 1.807) is 12.3 Å². The van der Waals surface area contributed by atoms with Crippen LogP contribution in [0, 0.1) is 11.1 Å². The van der Waals surface area contributed by atoms with Gasteiger partial charge in [0.05, 0.1) is 0 Å². The molecule has 0 saturated heterocycles. The molecule has 1 aromatic heterocycles. The molecule has 0 saturated carbocycles. The molecule has 0 spiro atoms. The molecule has 0 aliphatic carbocycles. The molecule has 2 heteroatoms. The van der Waals surface area contributed by atoms with Gasteiger partial charge in [-0.05, 0) is 12.3 Å². The molecule has 0 unspecified atom stereocenters. The van der Waals surface area contributed by atoms with E-state index >= 15 is 0 Å². The molecule has 0 aliphatic heterocycles. The number of hydrogen-bond acceptors (Lipinski definition) is 1. The van der Waals surface area contributed by atoms with E-state index in [0.717, 1.165) is 23.3 Å². The predicted octanol–water partition coefficient (Wildman–Crippen LogP) is 1.91. The minimum Gasteiger partial charge on any atom is -0.619 e. The fraction of sp³-hybridized carbons (Fsp3) is 0.500. The SMILES string of the molecule is CC(C)CCc1cccc[n+]1[O-]. The standard InChI is InChI=1S/C10H15NO/c1-9(2)6-7-10-5-3-4-8-11(10)12/h3-5,8-9H,6-7H2,1-2H3. The monoisotopic (exact) mass is 165 g/mol. The van der Waals surface area contributed by atoms with Crippen molar-refractivity contribution in [3.05, 3.63) is 35.3 Å². The fourth-order valence-electron chi connectivity index (χ4n) is 1.09. The van der Waals surface area contributed by atoms with Gasteiger partial charge < -0.3 is 5.21 Å². The minimum atomic E-state index is 0.658. The molecule has 1 rings (SSSR count). The molecule has 0 aliphatic rings. The number of hydrogen-bond donors (Lipinski definition) is 0. The second-order valence-corrected chi connectivity index (χ2v) is 3.45. The van der Waals surface area contributed by atoms with Crippen LogP contribution in [-0.4, -0.2) is 0 Å². The number of rotatable bonds is 3. The third-order valence-electron chi connectivity index (χ3n) is 1.88. The Balaban J connectivity index is 2.57. The van der Waals surface area contributed by atoms with E-state index in [-0.39, 0.29) is 0 Å². The van der Waals surface area contributed by atoms with Crippen molar-refractivity contribution < 1.29 is 4.73 Å². The number of nitrogens with zero attached hydrogens (tertiary/aromatic N) is 1. The Morgan fingerprint density at radius 3 is 2.75 bits per heavy atom. The van der Waals surface area contributed by atoms with E-state index < -0.39 is 0 Å². The van der Waals surface area contributed by atoms with Gasteiger partial charge in [0.25, 0.3) is 0 Å². The van der Waals surface area contributed by atoms with Crippen LogP contribution in [0.3, 0.4) is 0 Å². The highest BCUT2D eigenvalue weighted by atomic mass is 16.5. The smallest absolute Gasteiger partial charge is 0.192 e. The molecule has 0 atom stereocenters. The molecule has 0 bridgehead atoms. The first-order chi connectivity index (χ1) is 5.70. The average molecular weight is 165 g/mol. The lowest BCUT2D eigenvalue weighted by atomic mass is 10.1. The molecule has 0 fully saturated rings. The Hall–Kier alpha value is -1.05. The largest absolute Gasteiger partial charge is 0.619 e. The first-order valence-corrected chi connectivity index (χ1v) is 4.37. The van der Waals surface area contributed by atoms with Crippen molar-refractivity contribution in [2.24, 2.45) is 5.92 Å². The minimum absolute atomic E-state index is 0.658. The summed E-state index contributed by atoms with van der Waals surface area (Å²) in [6.07, 6.45) is 3.50. The van der Waals surface area contributed by atoms with Crippen LogP contribution >= 0.6 is 0 Å². The Bertz CT molecular complexity index is 245. The molecular weight excluding hydrogens is 150 g/mol. The number of aromatic nitrogens is 1.